The van der Waals surface area contributed by atoms with Crippen LogP contribution in [0.15, 0.2) is 60.7 Å². The Hall–Kier alpha value is -3.82. The van der Waals surface area contributed by atoms with Gasteiger partial charge < -0.3 is 39.0 Å². The number of nitrogens with zero attached hydrogens (tertiary/aromatic N) is 2. The third kappa shape index (κ3) is 7.74. The number of methoxy groups -OCH3 is 2. The van der Waals surface area contributed by atoms with E-state index in [1.54, 1.807) is 20.3 Å². The molecule has 0 bridgehead atoms. The fourth-order valence-corrected chi connectivity index (χ4v) is 7.85. The Bertz CT molecular complexity index is 1780. The first-order valence-electron chi connectivity index (χ1n) is 17.2. The Labute approximate surface area is 305 Å². The van der Waals surface area contributed by atoms with Crippen LogP contribution in [0.2, 0.25) is 10.0 Å². The second kappa shape index (κ2) is 16.0. The van der Waals surface area contributed by atoms with E-state index in [0.29, 0.717) is 36.2 Å². The van der Waals surface area contributed by atoms with Crippen molar-refractivity contribution in [2.45, 2.75) is 37.5 Å². The molecular weight excluding hydrogens is 675 g/mol. The molecule has 6 rings (SSSR count). The fourth-order valence-electron chi connectivity index (χ4n) is 7.18. The van der Waals surface area contributed by atoms with E-state index in [1.807, 2.05) is 24.3 Å². The van der Waals surface area contributed by atoms with Crippen molar-refractivity contribution in [2.75, 3.05) is 67.7 Å². The number of unbranched alkanes of at least 4 members (excludes halogenated alkanes) is 1. The third-order valence-electron chi connectivity index (χ3n) is 9.97. The molecule has 8 nitrogen and oxygen atoms in total. The summed E-state index contributed by atoms with van der Waals surface area (Å²) in [5.74, 6) is 2.60. The van der Waals surface area contributed by atoms with Crippen LogP contribution in [-0.2, 0) is 12.8 Å². The van der Waals surface area contributed by atoms with E-state index in [9.17, 15) is 10.2 Å². The highest BCUT2D eigenvalue weighted by Gasteiger charge is 2.29. The summed E-state index contributed by atoms with van der Waals surface area (Å²) in [7, 11) is 7.49. The van der Waals surface area contributed by atoms with Gasteiger partial charge in [0.2, 0.25) is 0 Å². The summed E-state index contributed by atoms with van der Waals surface area (Å²) in [6.07, 6.45) is 3.28. The average molecular weight is 722 g/mol. The van der Waals surface area contributed by atoms with Gasteiger partial charge in [-0.2, -0.15) is 0 Å². The Morgan fingerprint density at radius 3 is 1.64 bits per heavy atom. The molecule has 0 aliphatic carbocycles. The summed E-state index contributed by atoms with van der Waals surface area (Å²) in [4.78, 5) is 4.59. The first-order valence-corrected chi connectivity index (χ1v) is 17.9. The van der Waals surface area contributed by atoms with E-state index < -0.39 is 0 Å². The highest BCUT2D eigenvalue weighted by molar-refractivity contribution is 6.33. The summed E-state index contributed by atoms with van der Waals surface area (Å²) >= 11 is 13.3. The minimum absolute atomic E-state index is 0.0113. The second-order valence-electron chi connectivity index (χ2n) is 13.3. The van der Waals surface area contributed by atoms with Crippen LogP contribution in [0.5, 0.6) is 34.5 Å². The van der Waals surface area contributed by atoms with Gasteiger partial charge in [0, 0.05) is 38.0 Å². The van der Waals surface area contributed by atoms with Crippen molar-refractivity contribution in [3.63, 3.8) is 0 Å². The lowest BCUT2D eigenvalue weighted by atomic mass is 9.87. The zero-order valence-electron chi connectivity index (χ0n) is 29.2. The standard InChI is InChI=1S/C40H46Cl2N2O6/c1-43-17-15-29-31(21-35(45)39(46)37(29)41)33(23-43)25-7-11-27(12-8-25)49-19-5-6-20-50-28-13-9-26(10-14-28)34-24-44(2)18-16-30-32(34)22-36(47-3)40(48-4)38(30)42/h7-14,21-22,33-34,45-46H,5-6,15-20,23-24H2,1-4H3/t33-,34-/m1/s1. The predicted octanol–water partition coefficient (Wildman–Crippen LogP) is 7.90. The molecule has 0 aromatic heterocycles. The van der Waals surface area contributed by atoms with Crippen LogP contribution < -0.4 is 18.9 Å². The first kappa shape index (κ1) is 36.0. The van der Waals surface area contributed by atoms with Gasteiger partial charge in [0.25, 0.3) is 0 Å². The van der Waals surface area contributed by atoms with Crippen LogP contribution in [-0.4, -0.2) is 87.7 Å². The molecule has 0 saturated carbocycles. The van der Waals surface area contributed by atoms with Crippen molar-refractivity contribution < 1.29 is 29.2 Å². The van der Waals surface area contributed by atoms with Gasteiger partial charge in [0.1, 0.15) is 11.5 Å². The lowest BCUT2D eigenvalue weighted by molar-refractivity contribution is 0.266. The number of aromatic hydroxyl groups is 2. The van der Waals surface area contributed by atoms with Crippen molar-refractivity contribution in [1.29, 1.82) is 0 Å². The van der Waals surface area contributed by atoms with Crippen LogP contribution in [0.25, 0.3) is 0 Å². The second-order valence-corrected chi connectivity index (χ2v) is 14.0. The van der Waals surface area contributed by atoms with Crippen molar-refractivity contribution in [3.05, 3.63) is 104 Å². The number of likely N-dealkylation sites (N-methyl/N-ethyl adjacent to an activating group) is 2. The molecule has 0 radical (unpaired) electrons. The Kier molecular flexibility index (Phi) is 11.5. The smallest absolute Gasteiger partial charge is 0.179 e. The lowest BCUT2D eigenvalue weighted by Gasteiger charge is -2.24. The summed E-state index contributed by atoms with van der Waals surface area (Å²) in [5, 5.41) is 21.4. The van der Waals surface area contributed by atoms with Crippen LogP contribution in [0, 0.1) is 0 Å². The number of phenols is 2. The maximum atomic E-state index is 10.3. The summed E-state index contributed by atoms with van der Waals surface area (Å²) in [6.45, 7) is 4.57. The number of halogens is 2. The van der Waals surface area contributed by atoms with Crippen LogP contribution in [0.1, 0.15) is 58.1 Å². The van der Waals surface area contributed by atoms with Gasteiger partial charge in [-0.1, -0.05) is 47.5 Å². The zero-order valence-corrected chi connectivity index (χ0v) is 30.7. The van der Waals surface area contributed by atoms with E-state index in [1.165, 1.54) is 11.1 Å². The van der Waals surface area contributed by atoms with Crippen molar-refractivity contribution >= 4 is 23.2 Å². The Morgan fingerprint density at radius 1 is 0.680 bits per heavy atom. The van der Waals surface area contributed by atoms with Gasteiger partial charge in [0.05, 0.1) is 37.5 Å². The van der Waals surface area contributed by atoms with E-state index >= 15 is 0 Å². The average Bonchev–Trinajstić information content (AvgIpc) is 3.40. The molecule has 2 aliphatic heterocycles. The van der Waals surface area contributed by atoms with Gasteiger partial charge in [-0.25, -0.2) is 0 Å². The van der Waals surface area contributed by atoms with Crippen molar-refractivity contribution in [2.24, 2.45) is 0 Å². The number of fused-ring (bicyclic) bond motifs is 2. The van der Waals surface area contributed by atoms with Gasteiger partial charge in [-0.05, 0) is 110 Å². The number of benzene rings is 4. The molecule has 0 unspecified atom stereocenters. The maximum Gasteiger partial charge on any atom is 0.179 e. The summed E-state index contributed by atoms with van der Waals surface area (Å²) in [6, 6.07) is 20.2. The molecule has 2 heterocycles. The molecule has 0 fully saturated rings. The molecule has 2 aliphatic rings. The number of ether oxygens (including phenoxy) is 4. The Morgan fingerprint density at radius 2 is 1.16 bits per heavy atom. The van der Waals surface area contributed by atoms with E-state index in [0.717, 1.165) is 79.2 Å². The number of hydrogen-bond acceptors (Lipinski definition) is 8. The monoisotopic (exact) mass is 720 g/mol. The first-order chi connectivity index (χ1) is 24.2. The Balaban J connectivity index is 1.01. The summed E-state index contributed by atoms with van der Waals surface area (Å²) < 4.78 is 23.4. The SMILES string of the molecule is COc1cc2c(c(Cl)c1OC)CCN(C)C[C@@H]2c1ccc(OCCCCOc2ccc([C@H]3CN(C)CCc4c3cc(O)c(O)c4Cl)cc2)cc1. The zero-order chi connectivity index (χ0) is 35.4. The highest BCUT2D eigenvalue weighted by Crippen LogP contribution is 2.45. The van der Waals surface area contributed by atoms with Crippen LogP contribution in [0.4, 0.5) is 0 Å². The van der Waals surface area contributed by atoms with E-state index in [-0.39, 0.29) is 28.4 Å². The van der Waals surface area contributed by atoms with Gasteiger partial charge in [-0.3, -0.25) is 0 Å². The molecule has 10 heteroatoms. The largest absolute Gasteiger partial charge is 0.504 e. The molecular formula is C40H46Cl2N2O6. The number of rotatable bonds is 11. The maximum absolute atomic E-state index is 10.3. The van der Waals surface area contributed by atoms with Crippen LogP contribution >= 0.6 is 23.2 Å². The van der Waals surface area contributed by atoms with E-state index in [4.69, 9.17) is 42.1 Å². The number of hydrogen-bond donors (Lipinski definition) is 2. The summed E-state index contributed by atoms with van der Waals surface area (Å²) in [5.41, 5.74) is 6.43. The molecule has 0 saturated heterocycles. The highest BCUT2D eigenvalue weighted by atomic mass is 35.5. The molecule has 50 heavy (non-hydrogen) atoms. The normalized spacial score (nSPS) is 18.0. The predicted molar refractivity (Wildman–Crippen MR) is 199 cm³/mol. The molecule has 2 N–H and O–H groups in total. The molecule has 0 spiro atoms. The fraction of sp³-hybridized carbons (Fsp3) is 0.400. The topological polar surface area (TPSA) is 83.9 Å². The molecule has 266 valence electrons. The molecule has 4 aromatic rings. The van der Waals surface area contributed by atoms with E-state index in [2.05, 4.69) is 54.2 Å². The van der Waals surface area contributed by atoms with Crippen LogP contribution in [0.3, 0.4) is 0 Å². The van der Waals surface area contributed by atoms with Crippen molar-refractivity contribution in [1.82, 2.24) is 9.80 Å². The van der Waals surface area contributed by atoms with Gasteiger partial charge in [0.15, 0.2) is 23.0 Å². The minimum atomic E-state index is -0.250. The van der Waals surface area contributed by atoms with Crippen molar-refractivity contribution in [3.8, 4) is 34.5 Å². The van der Waals surface area contributed by atoms with Gasteiger partial charge >= 0.3 is 0 Å². The third-order valence-corrected chi connectivity index (χ3v) is 10.8. The molecule has 2 atom stereocenters. The van der Waals surface area contributed by atoms with Gasteiger partial charge in [-0.15, -0.1) is 0 Å². The number of phenolic OH excluding ortho intramolecular Hbond substituents is 2. The minimum Gasteiger partial charge on any atom is -0.504 e. The lowest BCUT2D eigenvalue weighted by Crippen LogP contribution is -2.24. The molecule has 4 aromatic carbocycles. The molecule has 0 amide bonds. The quantitative estimate of drug-likeness (QED) is 0.120.